The highest BCUT2D eigenvalue weighted by atomic mass is 35.5. The van der Waals surface area contributed by atoms with Crippen molar-refractivity contribution in [3.8, 4) is 11.5 Å². The number of ether oxygens (including phenoxy) is 1. The highest BCUT2D eigenvalue weighted by molar-refractivity contribution is 5.94. The zero-order valence-corrected chi connectivity index (χ0v) is 16.3. The second-order valence-electron chi connectivity index (χ2n) is 7.36. The summed E-state index contributed by atoms with van der Waals surface area (Å²) in [6, 6.07) is 17.7. The second kappa shape index (κ2) is 9.25. The maximum Gasteiger partial charge on any atom is 0.253 e. The molecule has 144 valence electrons. The van der Waals surface area contributed by atoms with E-state index in [-0.39, 0.29) is 18.3 Å². The molecule has 4 rings (SSSR count). The smallest absolute Gasteiger partial charge is 0.253 e. The Labute approximate surface area is 167 Å². The van der Waals surface area contributed by atoms with Gasteiger partial charge in [0.15, 0.2) is 0 Å². The van der Waals surface area contributed by atoms with Crippen molar-refractivity contribution >= 4 is 18.3 Å². The van der Waals surface area contributed by atoms with Crippen LogP contribution in [-0.4, -0.2) is 36.5 Å². The van der Waals surface area contributed by atoms with Gasteiger partial charge in [-0.1, -0.05) is 24.3 Å². The Hall–Kier alpha value is -2.04. The van der Waals surface area contributed by atoms with Crippen molar-refractivity contribution in [1.82, 2.24) is 10.2 Å². The number of hydrogen-bond donors (Lipinski definition) is 1. The van der Waals surface area contributed by atoms with Crippen molar-refractivity contribution in [2.24, 2.45) is 5.92 Å². The van der Waals surface area contributed by atoms with Crippen LogP contribution in [0, 0.1) is 5.92 Å². The van der Waals surface area contributed by atoms with Crippen LogP contribution in [-0.2, 0) is 0 Å². The minimum atomic E-state index is 0. The average molecular weight is 387 g/mol. The van der Waals surface area contributed by atoms with Crippen molar-refractivity contribution in [3.05, 3.63) is 60.2 Å². The van der Waals surface area contributed by atoms with Crippen LogP contribution in [0.5, 0.6) is 11.5 Å². The minimum absolute atomic E-state index is 0. The van der Waals surface area contributed by atoms with Crippen LogP contribution in [0.1, 0.15) is 36.0 Å². The first kappa shape index (κ1) is 19.7. The highest BCUT2D eigenvalue weighted by Crippen LogP contribution is 2.28. The lowest BCUT2D eigenvalue weighted by Crippen LogP contribution is -2.45. The topological polar surface area (TPSA) is 41.6 Å². The number of nitrogens with zero attached hydrogens (tertiary/aromatic N) is 1. The predicted molar refractivity (Wildman–Crippen MR) is 110 cm³/mol. The molecule has 1 N–H and O–H groups in total. The van der Waals surface area contributed by atoms with Gasteiger partial charge in [0.1, 0.15) is 11.5 Å². The summed E-state index contributed by atoms with van der Waals surface area (Å²) >= 11 is 0. The van der Waals surface area contributed by atoms with E-state index in [1.165, 1.54) is 12.8 Å². The molecule has 2 fully saturated rings. The fraction of sp³-hybridized carbons (Fsp3) is 0.409. The number of carbonyl (C=O) groups is 1. The Balaban J connectivity index is 0.00000210. The molecule has 1 heterocycles. The molecule has 1 aliphatic carbocycles. The molecule has 1 saturated carbocycles. The Kier molecular flexibility index (Phi) is 6.75. The lowest BCUT2D eigenvalue weighted by Gasteiger charge is -2.32. The standard InChI is InChI=1S/C22H26N2O2.ClH/c25-22(24-13-11-19(12-14-24)23-16-17-9-10-17)18-5-4-8-21(15-18)26-20-6-2-1-3-7-20;/h1-8,15,17,19,23H,9-14,16H2;1H. The largest absolute Gasteiger partial charge is 0.457 e. The van der Waals surface area contributed by atoms with E-state index in [0.717, 1.165) is 44.1 Å². The number of piperidine rings is 1. The normalized spacial score (nSPS) is 17.3. The van der Waals surface area contributed by atoms with E-state index in [4.69, 9.17) is 4.74 Å². The van der Waals surface area contributed by atoms with Crippen molar-refractivity contribution in [3.63, 3.8) is 0 Å². The molecule has 27 heavy (non-hydrogen) atoms. The highest BCUT2D eigenvalue weighted by Gasteiger charge is 2.26. The maximum absolute atomic E-state index is 12.8. The lowest BCUT2D eigenvalue weighted by atomic mass is 10.0. The van der Waals surface area contributed by atoms with Gasteiger partial charge < -0.3 is 15.0 Å². The molecular formula is C22H27ClN2O2. The van der Waals surface area contributed by atoms with Crippen LogP contribution in [0.15, 0.2) is 54.6 Å². The SMILES string of the molecule is Cl.O=C(c1cccc(Oc2ccccc2)c1)N1CCC(NCC2CC2)CC1. The third kappa shape index (κ3) is 5.47. The summed E-state index contributed by atoms with van der Waals surface area (Å²) in [6.07, 6.45) is 4.84. The van der Waals surface area contributed by atoms with Crippen LogP contribution in [0.3, 0.4) is 0 Å². The molecule has 1 saturated heterocycles. The summed E-state index contributed by atoms with van der Waals surface area (Å²) in [5.41, 5.74) is 0.697. The first-order chi connectivity index (χ1) is 12.8. The quantitative estimate of drug-likeness (QED) is 0.794. The van der Waals surface area contributed by atoms with Gasteiger partial charge in [-0.05, 0) is 68.5 Å². The molecule has 5 heteroatoms. The molecule has 0 bridgehead atoms. The van der Waals surface area contributed by atoms with Gasteiger partial charge in [0.2, 0.25) is 0 Å². The number of para-hydroxylation sites is 1. The second-order valence-corrected chi connectivity index (χ2v) is 7.36. The number of rotatable bonds is 6. The van der Waals surface area contributed by atoms with Crippen LogP contribution in [0.25, 0.3) is 0 Å². The lowest BCUT2D eigenvalue weighted by molar-refractivity contribution is 0.0704. The monoisotopic (exact) mass is 386 g/mol. The van der Waals surface area contributed by atoms with E-state index in [1.807, 2.05) is 59.5 Å². The first-order valence-corrected chi connectivity index (χ1v) is 9.63. The molecule has 0 aromatic heterocycles. The Bertz CT molecular complexity index is 741. The molecule has 2 aliphatic rings. The number of nitrogens with one attached hydrogen (secondary N) is 1. The first-order valence-electron chi connectivity index (χ1n) is 9.63. The van der Waals surface area contributed by atoms with Gasteiger partial charge >= 0.3 is 0 Å². The van der Waals surface area contributed by atoms with Crippen molar-refractivity contribution in [2.45, 2.75) is 31.7 Å². The Morgan fingerprint density at radius 1 is 0.963 bits per heavy atom. The van der Waals surface area contributed by atoms with Crippen molar-refractivity contribution < 1.29 is 9.53 Å². The summed E-state index contributed by atoms with van der Waals surface area (Å²) < 4.78 is 5.85. The van der Waals surface area contributed by atoms with E-state index in [0.29, 0.717) is 17.4 Å². The number of amides is 1. The van der Waals surface area contributed by atoms with E-state index in [9.17, 15) is 4.79 Å². The van der Waals surface area contributed by atoms with Crippen LogP contribution >= 0.6 is 12.4 Å². The van der Waals surface area contributed by atoms with Gasteiger partial charge in [-0.3, -0.25) is 4.79 Å². The molecule has 1 aliphatic heterocycles. The fourth-order valence-corrected chi connectivity index (χ4v) is 3.44. The molecule has 0 spiro atoms. The van der Waals surface area contributed by atoms with E-state index in [2.05, 4.69) is 5.32 Å². The minimum Gasteiger partial charge on any atom is -0.457 e. The number of benzene rings is 2. The summed E-state index contributed by atoms with van der Waals surface area (Å²) in [5.74, 6) is 2.48. The van der Waals surface area contributed by atoms with Gasteiger partial charge in [-0.2, -0.15) is 0 Å². The summed E-state index contributed by atoms with van der Waals surface area (Å²) in [4.78, 5) is 14.8. The van der Waals surface area contributed by atoms with E-state index in [1.54, 1.807) is 0 Å². The number of likely N-dealkylation sites (tertiary alicyclic amines) is 1. The average Bonchev–Trinajstić information content (AvgIpc) is 3.52. The predicted octanol–water partition coefficient (Wildman–Crippen LogP) is 4.50. The van der Waals surface area contributed by atoms with Crippen LogP contribution in [0.2, 0.25) is 0 Å². The third-order valence-corrected chi connectivity index (χ3v) is 5.23. The van der Waals surface area contributed by atoms with Crippen molar-refractivity contribution in [2.75, 3.05) is 19.6 Å². The summed E-state index contributed by atoms with van der Waals surface area (Å²) in [6.45, 7) is 2.80. The maximum atomic E-state index is 12.8. The van der Waals surface area contributed by atoms with Gasteiger partial charge in [-0.15, -0.1) is 12.4 Å². The molecule has 2 aromatic rings. The zero-order valence-electron chi connectivity index (χ0n) is 15.5. The van der Waals surface area contributed by atoms with E-state index >= 15 is 0 Å². The fourth-order valence-electron chi connectivity index (χ4n) is 3.44. The van der Waals surface area contributed by atoms with Gasteiger partial charge in [0.05, 0.1) is 0 Å². The Morgan fingerprint density at radius 2 is 1.67 bits per heavy atom. The van der Waals surface area contributed by atoms with Crippen LogP contribution in [0.4, 0.5) is 0 Å². The molecule has 0 atom stereocenters. The van der Waals surface area contributed by atoms with E-state index < -0.39 is 0 Å². The molecule has 4 nitrogen and oxygen atoms in total. The van der Waals surface area contributed by atoms with Crippen LogP contribution < -0.4 is 10.1 Å². The molecule has 0 unspecified atom stereocenters. The number of hydrogen-bond acceptors (Lipinski definition) is 3. The van der Waals surface area contributed by atoms with Gasteiger partial charge in [-0.25, -0.2) is 0 Å². The molecule has 1 amide bonds. The van der Waals surface area contributed by atoms with Crippen molar-refractivity contribution in [1.29, 1.82) is 0 Å². The number of carbonyl (C=O) groups excluding carboxylic acids is 1. The zero-order chi connectivity index (χ0) is 17.8. The summed E-state index contributed by atoms with van der Waals surface area (Å²) in [5, 5.41) is 3.66. The Morgan fingerprint density at radius 3 is 2.37 bits per heavy atom. The number of halogens is 1. The van der Waals surface area contributed by atoms with Gasteiger partial charge in [0, 0.05) is 24.7 Å². The molecular weight excluding hydrogens is 360 g/mol. The molecule has 2 aromatic carbocycles. The van der Waals surface area contributed by atoms with Gasteiger partial charge in [0.25, 0.3) is 5.91 Å². The molecule has 0 radical (unpaired) electrons. The summed E-state index contributed by atoms with van der Waals surface area (Å²) in [7, 11) is 0. The third-order valence-electron chi connectivity index (χ3n) is 5.23.